The van der Waals surface area contributed by atoms with Crippen molar-refractivity contribution in [3.05, 3.63) is 38.8 Å². The summed E-state index contributed by atoms with van der Waals surface area (Å²) < 4.78 is 2.05. The second-order valence-corrected chi connectivity index (χ2v) is 5.29. The Morgan fingerprint density at radius 1 is 1.43 bits per heavy atom. The molecule has 0 heterocycles. The highest BCUT2D eigenvalue weighted by atomic mass is 79.9. The second kappa shape index (κ2) is 4.99. The lowest BCUT2D eigenvalue weighted by atomic mass is 10.1. The summed E-state index contributed by atoms with van der Waals surface area (Å²) in [5.74, 6) is 0. The van der Waals surface area contributed by atoms with E-state index in [4.69, 9.17) is 0 Å². The maximum absolute atomic E-state index is 3.79. The van der Waals surface area contributed by atoms with E-state index in [-0.39, 0.29) is 0 Å². The molecule has 3 heteroatoms. The zero-order chi connectivity index (χ0) is 10.7. The number of rotatable bonds is 3. The largest absolute Gasteiger partial charge is 0.379 e. The third-order valence-electron chi connectivity index (χ3n) is 1.89. The van der Waals surface area contributed by atoms with Crippen LogP contribution in [0.1, 0.15) is 11.1 Å². The molecule has 14 heavy (non-hydrogen) atoms. The molecule has 0 fully saturated rings. The summed E-state index contributed by atoms with van der Waals surface area (Å²) in [5, 5.41) is 3.31. The maximum Gasteiger partial charge on any atom is 0.0517 e. The number of anilines is 1. The third-order valence-corrected chi connectivity index (χ3v) is 2.79. The molecule has 0 bridgehead atoms. The Kier molecular flexibility index (Phi) is 4.20. The van der Waals surface area contributed by atoms with Crippen molar-refractivity contribution in [1.82, 2.24) is 0 Å². The number of halogens is 2. The van der Waals surface area contributed by atoms with Gasteiger partial charge in [0, 0.05) is 15.5 Å². The molecular formula is C11H13Br2N. The predicted molar refractivity (Wildman–Crippen MR) is 70.2 cm³/mol. The van der Waals surface area contributed by atoms with Gasteiger partial charge >= 0.3 is 0 Å². The van der Waals surface area contributed by atoms with E-state index in [1.807, 2.05) is 0 Å². The van der Waals surface area contributed by atoms with Gasteiger partial charge in [-0.05, 0) is 47.0 Å². The average molecular weight is 319 g/mol. The van der Waals surface area contributed by atoms with Crippen molar-refractivity contribution < 1.29 is 0 Å². The van der Waals surface area contributed by atoms with Crippen LogP contribution in [-0.4, -0.2) is 6.54 Å². The molecule has 0 radical (unpaired) electrons. The molecule has 1 rings (SSSR count). The van der Waals surface area contributed by atoms with Crippen LogP contribution in [0.3, 0.4) is 0 Å². The summed E-state index contributed by atoms with van der Waals surface area (Å²) in [6, 6.07) is 4.26. The molecule has 1 aromatic carbocycles. The van der Waals surface area contributed by atoms with Crippen molar-refractivity contribution in [3.63, 3.8) is 0 Å². The Morgan fingerprint density at radius 2 is 2.07 bits per heavy atom. The number of nitrogens with one attached hydrogen (secondary N) is 1. The van der Waals surface area contributed by atoms with Crippen molar-refractivity contribution in [2.45, 2.75) is 13.8 Å². The molecule has 1 nitrogen and oxygen atoms in total. The molecule has 1 aromatic rings. The van der Waals surface area contributed by atoms with Crippen molar-refractivity contribution in [1.29, 1.82) is 0 Å². The Hall–Kier alpha value is -0.280. The second-order valence-electron chi connectivity index (χ2n) is 3.31. The minimum Gasteiger partial charge on any atom is -0.379 e. The number of hydrogen-bond acceptors (Lipinski definition) is 1. The van der Waals surface area contributed by atoms with E-state index in [1.54, 1.807) is 0 Å². The van der Waals surface area contributed by atoms with Crippen LogP contribution in [0.4, 0.5) is 5.69 Å². The van der Waals surface area contributed by atoms with Crippen LogP contribution in [-0.2, 0) is 0 Å². The Morgan fingerprint density at radius 3 is 2.57 bits per heavy atom. The minimum atomic E-state index is 0.739. The van der Waals surface area contributed by atoms with Gasteiger partial charge in [-0.25, -0.2) is 0 Å². The zero-order valence-corrected chi connectivity index (χ0v) is 11.5. The van der Waals surface area contributed by atoms with Gasteiger partial charge in [0.25, 0.3) is 0 Å². The van der Waals surface area contributed by atoms with Crippen LogP contribution >= 0.6 is 31.9 Å². The van der Waals surface area contributed by atoms with Crippen molar-refractivity contribution in [2.24, 2.45) is 0 Å². The van der Waals surface area contributed by atoms with Gasteiger partial charge in [0.15, 0.2) is 0 Å². The molecule has 0 unspecified atom stereocenters. The van der Waals surface area contributed by atoms with E-state index in [1.165, 1.54) is 11.1 Å². The molecule has 0 aliphatic carbocycles. The lowest BCUT2D eigenvalue weighted by molar-refractivity contribution is 1.27. The van der Waals surface area contributed by atoms with Gasteiger partial charge in [0.2, 0.25) is 0 Å². The van der Waals surface area contributed by atoms with Gasteiger partial charge in [-0.15, -0.1) is 0 Å². The van der Waals surface area contributed by atoms with Crippen LogP contribution in [0.15, 0.2) is 27.7 Å². The van der Waals surface area contributed by atoms with Crippen LogP contribution in [0, 0.1) is 13.8 Å². The number of benzene rings is 1. The smallest absolute Gasteiger partial charge is 0.0517 e. The van der Waals surface area contributed by atoms with E-state index in [2.05, 4.69) is 69.7 Å². The summed E-state index contributed by atoms with van der Waals surface area (Å²) in [7, 11) is 0. The summed E-state index contributed by atoms with van der Waals surface area (Å²) in [5.41, 5.74) is 3.64. The Labute approximate surface area is 102 Å². The fourth-order valence-electron chi connectivity index (χ4n) is 1.32. The molecule has 0 amide bonds. The van der Waals surface area contributed by atoms with Crippen molar-refractivity contribution >= 4 is 37.5 Å². The van der Waals surface area contributed by atoms with E-state index in [0.29, 0.717) is 0 Å². The molecule has 0 aliphatic heterocycles. The molecular weight excluding hydrogens is 306 g/mol. The number of hydrogen-bond donors (Lipinski definition) is 1. The monoisotopic (exact) mass is 317 g/mol. The lowest BCUT2D eigenvalue weighted by Crippen LogP contribution is -2.03. The standard InChI is InChI=1S/C11H13Br2N/c1-7-4-8(2)11(10(13)5-7)14-6-9(3)12/h4-5,14H,3,6H2,1-2H3. The first-order valence-electron chi connectivity index (χ1n) is 4.34. The van der Waals surface area contributed by atoms with Gasteiger partial charge < -0.3 is 5.32 Å². The van der Waals surface area contributed by atoms with E-state index in [0.717, 1.165) is 21.2 Å². The van der Waals surface area contributed by atoms with Crippen LogP contribution < -0.4 is 5.32 Å². The highest BCUT2D eigenvalue weighted by molar-refractivity contribution is 9.11. The fourth-order valence-corrected chi connectivity index (χ4v) is 2.28. The van der Waals surface area contributed by atoms with Gasteiger partial charge in [-0.1, -0.05) is 28.6 Å². The van der Waals surface area contributed by atoms with Crippen LogP contribution in [0.5, 0.6) is 0 Å². The first kappa shape index (κ1) is 11.8. The first-order valence-corrected chi connectivity index (χ1v) is 5.93. The van der Waals surface area contributed by atoms with Gasteiger partial charge in [-0.2, -0.15) is 0 Å². The van der Waals surface area contributed by atoms with Crippen LogP contribution in [0.25, 0.3) is 0 Å². The highest BCUT2D eigenvalue weighted by Gasteiger charge is 2.03. The summed E-state index contributed by atoms with van der Waals surface area (Å²) in [4.78, 5) is 0. The first-order chi connectivity index (χ1) is 6.50. The molecule has 0 spiro atoms. The molecule has 0 aromatic heterocycles. The molecule has 0 aliphatic rings. The predicted octanol–water partition coefficient (Wildman–Crippen LogP) is 4.39. The molecule has 0 atom stereocenters. The zero-order valence-electron chi connectivity index (χ0n) is 8.32. The Bertz CT molecular complexity index is 335. The maximum atomic E-state index is 3.79. The van der Waals surface area contributed by atoms with Gasteiger partial charge in [0.1, 0.15) is 0 Å². The van der Waals surface area contributed by atoms with E-state index in [9.17, 15) is 0 Å². The highest BCUT2D eigenvalue weighted by Crippen LogP contribution is 2.27. The SMILES string of the molecule is C=C(Br)CNc1c(C)cc(C)cc1Br. The van der Waals surface area contributed by atoms with Crippen molar-refractivity contribution in [3.8, 4) is 0 Å². The van der Waals surface area contributed by atoms with Crippen molar-refractivity contribution in [2.75, 3.05) is 11.9 Å². The quantitative estimate of drug-likeness (QED) is 0.871. The summed E-state index contributed by atoms with van der Waals surface area (Å²) in [6.07, 6.45) is 0. The third kappa shape index (κ3) is 3.14. The van der Waals surface area contributed by atoms with E-state index < -0.39 is 0 Å². The molecule has 0 saturated heterocycles. The summed E-state index contributed by atoms with van der Waals surface area (Å²) in [6.45, 7) is 8.71. The topological polar surface area (TPSA) is 12.0 Å². The minimum absolute atomic E-state index is 0.739. The van der Waals surface area contributed by atoms with Crippen LogP contribution in [0.2, 0.25) is 0 Å². The lowest BCUT2D eigenvalue weighted by Gasteiger charge is -2.12. The summed E-state index contributed by atoms with van der Waals surface area (Å²) >= 11 is 6.86. The number of aryl methyl sites for hydroxylation is 2. The fraction of sp³-hybridized carbons (Fsp3) is 0.273. The molecule has 1 N–H and O–H groups in total. The van der Waals surface area contributed by atoms with Gasteiger partial charge in [-0.3, -0.25) is 0 Å². The van der Waals surface area contributed by atoms with E-state index >= 15 is 0 Å². The molecule has 0 saturated carbocycles. The average Bonchev–Trinajstić information content (AvgIpc) is 2.01. The normalized spacial score (nSPS) is 10.0. The molecule has 76 valence electrons. The van der Waals surface area contributed by atoms with Gasteiger partial charge in [0.05, 0.1) is 5.69 Å². The Balaban J connectivity index is 2.91.